The number of hydrogen-bond donors (Lipinski definition) is 2. The van der Waals surface area contributed by atoms with E-state index in [1.807, 2.05) is 25.2 Å². The van der Waals surface area contributed by atoms with Crippen LogP contribution < -0.4 is 5.32 Å². The largest absolute Gasteiger partial charge is 0.393 e. The number of fused-ring (bicyclic) bond motifs is 1. The molecule has 0 aromatic heterocycles. The molecule has 35 heavy (non-hydrogen) atoms. The normalized spacial score (nSPS) is 26.6. The average molecular weight is 472 g/mol. The third-order valence-corrected chi connectivity index (χ3v) is 7.78. The SMILES string of the molecule is C=C(/C=C\C(=C/C)C1=CC(/C(C=N)=C/NC)=CN2N=CC(C#N)C12)N1CCC2(CCN(C)C2)CC1. The minimum absolute atomic E-state index is 0.177. The van der Waals surface area contributed by atoms with E-state index in [-0.39, 0.29) is 12.0 Å². The fraction of sp³-hybridized carbons (Fsp3) is 0.464. The van der Waals surface area contributed by atoms with Crippen LogP contribution in [0.3, 0.4) is 0 Å². The number of likely N-dealkylation sites (tertiary alicyclic amines) is 2. The van der Waals surface area contributed by atoms with Gasteiger partial charge in [-0.25, -0.2) is 0 Å². The average Bonchev–Trinajstić information content (AvgIpc) is 3.45. The van der Waals surface area contributed by atoms with Crippen molar-refractivity contribution in [3.8, 4) is 6.07 Å². The monoisotopic (exact) mass is 471 g/mol. The van der Waals surface area contributed by atoms with Gasteiger partial charge in [0.1, 0.15) is 5.92 Å². The first-order valence-electron chi connectivity index (χ1n) is 12.4. The molecule has 2 saturated heterocycles. The van der Waals surface area contributed by atoms with Crippen LogP contribution in [-0.4, -0.2) is 73.6 Å². The van der Waals surface area contributed by atoms with Gasteiger partial charge in [0.25, 0.3) is 0 Å². The van der Waals surface area contributed by atoms with Gasteiger partial charge in [-0.3, -0.25) is 5.01 Å². The maximum Gasteiger partial charge on any atom is 0.110 e. The molecular weight excluding hydrogens is 434 g/mol. The molecule has 4 aliphatic rings. The predicted octanol–water partition coefficient (Wildman–Crippen LogP) is 3.81. The lowest BCUT2D eigenvalue weighted by Crippen LogP contribution is -2.40. The Morgan fingerprint density at radius 2 is 2.00 bits per heavy atom. The highest BCUT2D eigenvalue weighted by atomic mass is 15.5. The van der Waals surface area contributed by atoms with Crippen LogP contribution in [0.1, 0.15) is 26.2 Å². The first-order valence-corrected chi connectivity index (χ1v) is 12.4. The summed E-state index contributed by atoms with van der Waals surface area (Å²) in [6, 6.07) is 2.21. The summed E-state index contributed by atoms with van der Waals surface area (Å²) in [5.41, 5.74) is 5.22. The Bertz CT molecular complexity index is 1070. The van der Waals surface area contributed by atoms with E-state index < -0.39 is 0 Å². The summed E-state index contributed by atoms with van der Waals surface area (Å²) < 4.78 is 0. The maximum atomic E-state index is 9.74. The van der Waals surface area contributed by atoms with Gasteiger partial charge in [-0.1, -0.05) is 18.7 Å². The van der Waals surface area contributed by atoms with Crippen LogP contribution in [-0.2, 0) is 0 Å². The third-order valence-electron chi connectivity index (χ3n) is 7.78. The Labute approximate surface area is 209 Å². The lowest BCUT2D eigenvalue weighted by Gasteiger charge is -2.40. The zero-order valence-electron chi connectivity index (χ0n) is 21.2. The molecule has 2 unspecified atom stereocenters. The Morgan fingerprint density at radius 1 is 1.26 bits per heavy atom. The van der Waals surface area contributed by atoms with Crippen LogP contribution in [0.15, 0.2) is 76.4 Å². The first kappa shape index (κ1) is 24.7. The minimum atomic E-state index is -0.329. The van der Waals surface area contributed by atoms with Crippen molar-refractivity contribution in [2.75, 3.05) is 40.3 Å². The molecule has 4 rings (SSSR count). The van der Waals surface area contributed by atoms with Gasteiger partial charge in [0.15, 0.2) is 0 Å². The first-order chi connectivity index (χ1) is 16.9. The number of allylic oxidation sites excluding steroid dienone is 6. The fourth-order valence-corrected chi connectivity index (χ4v) is 5.71. The van der Waals surface area contributed by atoms with Crippen molar-refractivity contribution in [2.45, 2.75) is 32.2 Å². The van der Waals surface area contributed by atoms with Crippen LogP contribution in [0.2, 0.25) is 0 Å². The molecule has 2 fully saturated rings. The van der Waals surface area contributed by atoms with Gasteiger partial charge in [0.2, 0.25) is 0 Å². The van der Waals surface area contributed by atoms with E-state index in [4.69, 9.17) is 5.41 Å². The number of piperidine rings is 1. The highest BCUT2D eigenvalue weighted by Crippen LogP contribution is 2.41. The van der Waals surface area contributed by atoms with Crippen LogP contribution in [0, 0.1) is 28.1 Å². The van der Waals surface area contributed by atoms with E-state index in [0.717, 1.165) is 41.1 Å². The van der Waals surface area contributed by atoms with Gasteiger partial charge in [0, 0.05) is 68.4 Å². The molecule has 0 saturated carbocycles. The summed E-state index contributed by atoms with van der Waals surface area (Å²) in [7, 11) is 4.05. The molecule has 0 bridgehead atoms. The van der Waals surface area contributed by atoms with Crippen molar-refractivity contribution < 1.29 is 0 Å². The molecule has 0 aromatic carbocycles. The Kier molecular flexibility index (Phi) is 7.42. The predicted molar refractivity (Wildman–Crippen MR) is 143 cm³/mol. The smallest absolute Gasteiger partial charge is 0.110 e. The quantitative estimate of drug-likeness (QED) is 0.436. The molecule has 2 atom stereocenters. The van der Waals surface area contributed by atoms with Crippen molar-refractivity contribution in [2.24, 2.45) is 16.4 Å². The second-order valence-corrected chi connectivity index (χ2v) is 10.0. The zero-order chi connectivity index (χ0) is 25.0. The van der Waals surface area contributed by atoms with Crippen molar-refractivity contribution in [1.82, 2.24) is 20.1 Å². The molecule has 7 heteroatoms. The van der Waals surface area contributed by atoms with Gasteiger partial charge in [0.05, 0.1) is 12.1 Å². The molecule has 0 aromatic rings. The molecule has 2 N–H and O–H groups in total. The fourth-order valence-electron chi connectivity index (χ4n) is 5.71. The van der Waals surface area contributed by atoms with Gasteiger partial charge in [-0.05, 0) is 68.5 Å². The van der Waals surface area contributed by atoms with E-state index >= 15 is 0 Å². The van der Waals surface area contributed by atoms with Crippen molar-refractivity contribution in [3.05, 3.63) is 71.3 Å². The summed E-state index contributed by atoms with van der Waals surface area (Å²) in [5, 5.41) is 26.9. The molecule has 0 radical (unpaired) electrons. The lowest BCUT2D eigenvalue weighted by molar-refractivity contribution is 0.137. The van der Waals surface area contributed by atoms with Crippen LogP contribution >= 0.6 is 0 Å². The van der Waals surface area contributed by atoms with Gasteiger partial charge < -0.3 is 20.5 Å². The third kappa shape index (κ3) is 5.03. The highest BCUT2D eigenvalue weighted by molar-refractivity contribution is 5.84. The van der Waals surface area contributed by atoms with Crippen LogP contribution in [0.5, 0.6) is 0 Å². The molecule has 1 spiro atoms. The number of hydrogen-bond acceptors (Lipinski definition) is 7. The summed E-state index contributed by atoms with van der Waals surface area (Å²) in [5.74, 6) is -0.329. The van der Waals surface area contributed by atoms with E-state index in [9.17, 15) is 5.26 Å². The highest BCUT2D eigenvalue weighted by Gasteiger charge is 2.39. The number of rotatable bonds is 7. The van der Waals surface area contributed by atoms with Crippen molar-refractivity contribution in [3.63, 3.8) is 0 Å². The topological polar surface area (TPSA) is 81.8 Å². The molecule has 184 valence electrons. The van der Waals surface area contributed by atoms with E-state index in [1.54, 1.807) is 12.4 Å². The molecular formula is C28H37N7. The summed E-state index contributed by atoms with van der Waals surface area (Å²) >= 11 is 0. The number of nitrogens with one attached hydrogen (secondary N) is 2. The maximum absolute atomic E-state index is 9.74. The Hall–Kier alpha value is -3.37. The molecule has 0 aliphatic carbocycles. The second-order valence-electron chi connectivity index (χ2n) is 10.0. The number of nitrogens with zero attached hydrogens (tertiary/aromatic N) is 5. The Morgan fingerprint density at radius 3 is 2.60 bits per heavy atom. The summed E-state index contributed by atoms with van der Waals surface area (Å²) in [6.45, 7) is 10.9. The number of hydrazone groups is 1. The van der Waals surface area contributed by atoms with Crippen molar-refractivity contribution >= 4 is 12.4 Å². The number of nitriles is 1. The standard InChI is InChI=1S/C28H37N7/c1-5-22(7-6-21(2)34-12-9-28(10-13-34)8-11-33(4)20-28)26-14-23(24(15-29)17-31-3)19-35-27(26)25(16-30)18-32-35/h5-7,14-15,17-19,25,27,29,31H,2,8-13,20H2,1,3-4H3/b7-6-,22-5+,24-17+,29-15?. The molecule has 4 heterocycles. The minimum Gasteiger partial charge on any atom is -0.393 e. The van der Waals surface area contributed by atoms with Gasteiger partial charge in [-0.2, -0.15) is 10.4 Å². The molecule has 0 amide bonds. The zero-order valence-corrected chi connectivity index (χ0v) is 21.2. The van der Waals surface area contributed by atoms with Gasteiger partial charge in [-0.15, -0.1) is 0 Å². The van der Waals surface area contributed by atoms with E-state index in [2.05, 4.69) is 64.2 Å². The summed E-state index contributed by atoms with van der Waals surface area (Å²) in [6.07, 6.45) is 18.9. The van der Waals surface area contributed by atoms with Crippen LogP contribution in [0.4, 0.5) is 0 Å². The molecule has 4 aliphatic heterocycles. The van der Waals surface area contributed by atoms with Crippen molar-refractivity contribution in [1.29, 1.82) is 10.7 Å². The molecule has 7 nitrogen and oxygen atoms in total. The van der Waals surface area contributed by atoms with Crippen LogP contribution in [0.25, 0.3) is 0 Å². The van der Waals surface area contributed by atoms with Gasteiger partial charge >= 0.3 is 0 Å². The summed E-state index contributed by atoms with van der Waals surface area (Å²) in [4.78, 5) is 4.86. The lowest BCUT2D eigenvalue weighted by atomic mass is 9.77. The van der Waals surface area contributed by atoms with E-state index in [0.29, 0.717) is 5.41 Å². The Balaban J connectivity index is 1.52. The van der Waals surface area contributed by atoms with E-state index in [1.165, 1.54) is 38.6 Å². The second kappa shape index (κ2) is 10.5.